The molecular formula is C17H19ClN2O4S. The van der Waals surface area contributed by atoms with Crippen molar-refractivity contribution in [2.24, 2.45) is 0 Å². The number of rotatable bonds is 5. The third-order valence-electron chi connectivity index (χ3n) is 3.91. The van der Waals surface area contributed by atoms with Crippen LogP contribution >= 0.6 is 11.6 Å². The van der Waals surface area contributed by atoms with Crippen molar-refractivity contribution in [3.05, 3.63) is 47.5 Å². The number of methoxy groups -OCH3 is 1. The number of ether oxygens (including phenoxy) is 2. The third-order valence-corrected chi connectivity index (χ3v) is 5.55. The maximum atomic E-state index is 12.6. The molecule has 0 radical (unpaired) electrons. The molecule has 0 spiro atoms. The summed E-state index contributed by atoms with van der Waals surface area (Å²) in [5.41, 5.74) is 1.51. The molecular weight excluding hydrogens is 364 g/mol. The van der Waals surface area contributed by atoms with Gasteiger partial charge in [0, 0.05) is 29.5 Å². The Morgan fingerprint density at radius 2 is 1.80 bits per heavy atom. The van der Waals surface area contributed by atoms with E-state index in [0.29, 0.717) is 23.9 Å². The highest BCUT2D eigenvalue weighted by Gasteiger charge is 2.20. The van der Waals surface area contributed by atoms with E-state index in [-0.39, 0.29) is 10.6 Å². The minimum absolute atomic E-state index is 0.000226. The van der Waals surface area contributed by atoms with Crippen molar-refractivity contribution in [2.75, 3.05) is 43.0 Å². The summed E-state index contributed by atoms with van der Waals surface area (Å²) >= 11 is 5.93. The molecule has 0 saturated carbocycles. The van der Waals surface area contributed by atoms with E-state index < -0.39 is 10.0 Å². The van der Waals surface area contributed by atoms with Crippen LogP contribution in [0, 0.1) is 0 Å². The maximum absolute atomic E-state index is 12.6. The zero-order chi connectivity index (χ0) is 17.9. The average molecular weight is 383 g/mol. The monoisotopic (exact) mass is 382 g/mol. The van der Waals surface area contributed by atoms with E-state index in [2.05, 4.69) is 9.62 Å². The predicted octanol–water partition coefficient (Wildman–Crippen LogP) is 2.99. The Morgan fingerprint density at radius 3 is 2.44 bits per heavy atom. The molecule has 8 heteroatoms. The molecule has 0 aliphatic carbocycles. The number of hydrogen-bond acceptors (Lipinski definition) is 5. The van der Waals surface area contributed by atoms with Gasteiger partial charge in [-0.25, -0.2) is 8.42 Å². The van der Waals surface area contributed by atoms with Crippen LogP contribution in [-0.4, -0.2) is 41.8 Å². The van der Waals surface area contributed by atoms with Crippen molar-refractivity contribution in [2.45, 2.75) is 4.90 Å². The Kier molecular flexibility index (Phi) is 5.36. The number of halogens is 1. The molecule has 6 nitrogen and oxygen atoms in total. The minimum Gasteiger partial charge on any atom is -0.495 e. The predicted molar refractivity (Wildman–Crippen MR) is 98.3 cm³/mol. The SMILES string of the molecule is COc1ccc(Cl)cc1S(=O)(=O)Nc1ccc(N2CCOCC2)cc1. The minimum atomic E-state index is -3.81. The Balaban J connectivity index is 1.80. The molecule has 0 amide bonds. The fraction of sp³-hybridized carbons (Fsp3) is 0.294. The lowest BCUT2D eigenvalue weighted by molar-refractivity contribution is 0.122. The first-order chi connectivity index (χ1) is 12.0. The van der Waals surface area contributed by atoms with Crippen molar-refractivity contribution in [1.29, 1.82) is 0 Å². The van der Waals surface area contributed by atoms with Gasteiger partial charge in [-0.05, 0) is 42.5 Å². The first-order valence-corrected chi connectivity index (χ1v) is 9.65. The van der Waals surface area contributed by atoms with E-state index in [1.807, 2.05) is 12.1 Å². The van der Waals surface area contributed by atoms with Gasteiger partial charge in [0.15, 0.2) is 0 Å². The van der Waals surface area contributed by atoms with Crippen LogP contribution in [0.3, 0.4) is 0 Å². The number of sulfonamides is 1. The molecule has 2 aromatic carbocycles. The average Bonchev–Trinajstić information content (AvgIpc) is 2.63. The molecule has 1 fully saturated rings. The van der Waals surface area contributed by atoms with Gasteiger partial charge in [0.2, 0.25) is 0 Å². The molecule has 0 unspecified atom stereocenters. The number of anilines is 2. The summed E-state index contributed by atoms with van der Waals surface area (Å²) in [6.07, 6.45) is 0. The van der Waals surface area contributed by atoms with Gasteiger partial charge in [-0.15, -0.1) is 0 Å². The van der Waals surface area contributed by atoms with E-state index in [0.717, 1.165) is 18.8 Å². The number of hydrogen-bond donors (Lipinski definition) is 1. The Labute approximate surface area is 152 Å². The number of nitrogens with one attached hydrogen (secondary N) is 1. The summed E-state index contributed by atoms with van der Waals surface area (Å²) < 4.78 is 38.3. The molecule has 0 aromatic heterocycles. The van der Waals surface area contributed by atoms with Gasteiger partial charge in [0.05, 0.1) is 20.3 Å². The van der Waals surface area contributed by atoms with Gasteiger partial charge < -0.3 is 14.4 Å². The van der Waals surface area contributed by atoms with Gasteiger partial charge in [-0.3, -0.25) is 4.72 Å². The summed E-state index contributed by atoms with van der Waals surface area (Å²) in [4.78, 5) is 2.20. The van der Waals surface area contributed by atoms with Crippen LogP contribution in [0.2, 0.25) is 5.02 Å². The van der Waals surface area contributed by atoms with Crippen molar-refractivity contribution < 1.29 is 17.9 Å². The van der Waals surface area contributed by atoms with Gasteiger partial charge in [0.25, 0.3) is 10.0 Å². The highest BCUT2D eigenvalue weighted by Crippen LogP contribution is 2.29. The molecule has 3 rings (SSSR count). The van der Waals surface area contributed by atoms with E-state index >= 15 is 0 Å². The lowest BCUT2D eigenvalue weighted by Crippen LogP contribution is -2.36. The van der Waals surface area contributed by atoms with Crippen LogP contribution in [0.4, 0.5) is 11.4 Å². The highest BCUT2D eigenvalue weighted by atomic mass is 35.5. The molecule has 0 atom stereocenters. The molecule has 1 heterocycles. The molecule has 2 aromatic rings. The van der Waals surface area contributed by atoms with E-state index in [4.69, 9.17) is 21.1 Å². The quantitative estimate of drug-likeness (QED) is 0.861. The van der Waals surface area contributed by atoms with Crippen molar-refractivity contribution in [3.8, 4) is 5.75 Å². The second-order valence-electron chi connectivity index (χ2n) is 5.55. The summed E-state index contributed by atoms with van der Waals surface area (Å²) in [5.74, 6) is 0.238. The van der Waals surface area contributed by atoms with Crippen molar-refractivity contribution in [3.63, 3.8) is 0 Å². The first kappa shape index (κ1) is 17.8. The van der Waals surface area contributed by atoms with Crippen LogP contribution in [0.25, 0.3) is 0 Å². The summed E-state index contributed by atoms with van der Waals surface area (Å²) in [7, 11) is -2.39. The fourth-order valence-electron chi connectivity index (χ4n) is 2.63. The second kappa shape index (κ2) is 7.51. The molecule has 1 N–H and O–H groups in total. The number of nitrogens with zero attached hydrogens (tertiary/aromatic N) is 1. The number of morpholine rings is 1. The third kappa shape index (κ3) is 4.18. The van der Waals surface area contributed by atoms with E-state index in [1.165, 1.54) is 19.2 Å². The molecule has 1 saturated heterocycles. The van der Waals surface area contributed by atoms with Crippen molar-refractivity contribution in [1.82, 2.24) is 0 Å². The smallest absolute Gasteiger partial charge is 0.265 e. The lowest BCUT2D eigenvalue weighted by Gasteiger charge is -2.28. The van der Waals surface area contributed by atoms with E-state index in [9.17, 15) is 8.42 Å². The zero-order valence-corrected chi connectivity index (χ0v) is 15.3. The van der Waals surface area contributed by atoms with Crippen LogP contribution in [0.5, 0.6) is 5.75 Å². The molecule has 1 aliphatic rings. The van der Waals surface area contributed by atoms with Gasteiger partial charge in [0.1, 0.15) is 10.6 Å². The van der Waals surface area contributed by atoms with E-state index in [1.54, 1.807) is 18.2 Å². The Morgan fingerprint density at radius 1 is 1.12 bits per heavy atom. The largest absolute Gasteiger partial charge is 0.495 e. The highest BCUT2D eigenvalue weighted by molar-refractivity contribution is 7.92. The summed E-state index contributed by atoms with van der Waals surface area (Å²) in [5, 5.41) is 0.323. The van der Waals surface area contributed by atoms with Crippen molar-refractivity contribution >= 4 is 33.0 Å². The molecule has 1 aliphatic heterocycles. The van der Waals surface area contributed by atoms with Gasteiger partial charge >= 0.3 is 0 Å². The zero-order valence-electron chi connectivity index (χ0n) is 13.7. The maximum Gasteiger partial charge on any atom is 0.265 e. The van der Waals surface area contributed by atoms with Crippen LogP contribution in [0.1, 0.15) is 0 Å². The molecule has 0 bridgehead atoms. The Hall–Kier alpha value is -1.96. The topological polar surface area (TPSA) is 67.9 Å². The normalized spacial score (nSPS) is 15.0. The van der Waals surface area contributed by atoms with Crippen LogP contribution in [-0.2, 0) is 14.8 Å². The molecule has 134 valence electrons. The standard InChI is InChI=1S/C17H19ClN2O4S/c1-23-16-7-2-13(18)12-17(16)25(21,22)19-14-3-5-15(6-4-14)20-8-10-24-11-9-20/h2-7,12,19H,8-11H2,1H3. The lowest BCUT2D eigenvalue weighted by atomic mass is 10.2. The van der Waals surface area contributed by atoms with Crippen LogP contribution in [0.15, 0.2) is 47.4 Å². The number of benzene rings is 2. The molecule has 25 heavy (non-hydrogen) atoms. The summed E-state index contributed by atoms with van der Waals surface area (Å²) in [6.45, 7) is 3.04. The fourth-order valence-corrected chi connectivity index (χ4v) is 4.12. The second-order valence-corrected chi connectivity index (χ2v) is 7.63. The summed E-state index contributed by atoms with van der Waals surface area (Å²) in [6, 6.07) is 11.7. The first-order valence-electron chi connectivity index (χ1n) is 7.79. The van der Waals surface area contributed by atoms with Gasteiger partial charge in [-0.1, -0.05) is 11.6 Å². The van der Waals surface area contributed by atoms with Gasteiger partial charge in [-0.2, -0.15) is 0 Å². The Bertz CT molecular complexity index is 834. The van der Waals surface area contributed by atoms with Crippen LogP contribution < -0.4 is 14.4 Å².